The number of rotatable bonds is 4. The molecule has 2 aliphatic rings. The van der Waals surface area contributed by atoms with Gasteiger partial charge in [0.1, 0.15) is 11.5 Å². The zero-order valence-electron chi connectivity index (χ0n) is 15.0. The van der Waals surface area contributed by atoms with E-state index in [4.69, 9.17) is 4.74 Å². The Morgan fingerprint density at radius 3 is 2.31 bits per heavy atom. The number of aliphatic hydroxyl groups is 1. The fourth-order valence-electron chi connectivity index (χ4n) is 4.56. The number of hydrogen-bond acceptors (Lipinski definition) is 3. The zero-order chi connectivity index (χ0) is 18.1. The summed E-state index contributed by atoms with van der Waals surface area (Å²) in [5, 5.41) is 9.80. The van der Waals surface area contributed by atoms with Gasteiger partial charge in [0, 0.05) is 18.7 Å². The fraction of sp³-hybridized carbons (Fsp3) is 0.409. The molecule has 1 amide bonds. The van der Waals surface area contributed by atoms with E-state index in [0.717, 1.165) is 31.4 Å². The third kappa shape index (κ3) is 3.47. The predicted octanol–water partition coefficient (Wildman–Crippen LogP) is 4.10. The van der Waals surface area contributed by atoms with E-state index in [2.05, 4.69) is 0 Å². The number of carbonyl (C=O) groups excluding carboxylic acids is 1. The lowest BCUT2D eigenvalue weighted by Gasteiger charge is -2.26. The highest BCUT2D eigenvalue weighted by Gasteiger charge is 2.43. The van der Waals surface area contributed by atoms with Crippen molar-refractivity contribution in [3.63, 3.8) is 0 Å². The molecule has 4 atom stereocenters. The number of benzene rings is 2. The van der Waals surface area contributed by atoms with Gasteiger partial charge in [-0.2, -0.15) is 0 Å². The molecule has 4 heteroatoms. The summed E-state index contributed by atoms with van der Waals surface area (Å²) in [6.07, 6.45) is 3.65. The molecule has 0 saturated heterocycles. The number of para-hydroxylation sites is 1. The second-order valence-corrected chi connectivity index (χ2v) is 7.63. The molecular formula is C22H25NO3. The molecule has 26 heavy (non-hydrogen) atoms. The Morgan fingerprint density at radius 2 is 1.62 bits per heavy atom. The molecule has 2 fully saturated rings. The minimum atomic E-state index is -0.140. The highest BCUT2D eigenvalue weighted by Crippen LogP contribution is 2.45. The lowest BCUT2D eigenvalue weighted by atomic mass is 10.0. The quantitative estimate of drug-likeness (QED) is 0.902. The molecule has 2 aromatic rings. The third-order valence-corrected chi connectivity index (χ3v) is 5.89. The molecule has 2 aromatic carbocycles. The first-order chi connectivity index (χ1) is 12.6. The van der Waals surface area contributed by atoms with Crippen molar-refractivity contribution in [1.29, 1.82) is 0 Å². The molecule has 4 rings (SSSR count). The van der Waals surface area contributed by atoms with E-state index in [1.54, 1.807) is 0 Å². The molecule has 2 unspecified atom stereocenters. The van der Waals surface area contributed by atoms with Crippen molar-refractivity contribution in [3.05, 3.63) is 60.2 Å². The molecule has 2 aliphatic carbocycles. The van der Waals surface area contributed by atoms with Gasteiger partial charge in [-0.3, -0.25) is 4.79 Å². The van der Waals surface area contributed by atoms with Crippen LogP contribution in [-0.4, -0.2) is 35.1 Å². The fourth-order valence-corrected chi connectivity index (χ4v) is 4.56. The van der Waals surface area contributed by atoms with E-state index >= 15 is 0 Å². The molecule has 0 radical (unpaired) electrons. The normalized spacial score (nSPS) is 27.2. The van der Waals surface area contributed by atoms with Crippen molar-refractivity contribution >= 4 is 5.91 Å². The highest BCUT2D eigenvalue weighted by molar-refractivity contribution is 5.94. The molecule has 0 aromatic heterocycles. The van der Waals surface area contributed by atoms with Gasteiger partial charge in [0.15, 0.2) is 0 Å². The van der Waals surface area contributed by atoms with Crippen molar-refractivity contribution in [2.75, 3.05) is 7.05 Å². The molecule has 4 nitrogen and oxygen atoms in total. The van der Waals surface area contributed by atoms with Crippen LogP contribution < -0.4 is 4.74 Å². The maximum Gasteiger partial charge on any atom is 0.253 e. The molecular weight excluding hydrogens is 326 g/mol. The Hall–Kier alpha value is -2.33. The van der Waals surface area contributed by atoms with E-state index in [9.17, 15) is 9.90 Å². The number of nitrogens with zero attached hydrogens (tertiary/aromatic N) is 1. The van der Waals surface area contributed by atoms with Crippen LogP contribution in [0.15, 0.2) is 54.6 Å². The smallest absolute Gasteiger partial charge is 0.253 e. The summed E-state index contributed by atoms with van der Waals surface area (Å²) in [4.78, 5) is 14.8. The minimum Gasteiger partial charge on any atom is -0.457 e. The second kappa shape index (κ2) is 7.12. The van der Waals surface area contributed by atoms with Gasteiger partial charge < -0.3 is 14.7 Å². The maximum atomic E-state index is 12.9. The van der Waals surface area contributed by atoms with E-state index < -0.39 is 0 Å². The molecule has 0 aliphatic heterocycles. The standard InChI is InChI=1S/C22H25NO3/c1-23(18-10-16-12-19(24)13-17(16)11-18)22(25)15-6-5-9-21(14-15)26-20-7-3-2-4-8-20/h2-9,14,16-19,24H,10-13H2,1H3/t16-,17+,18?,19?. The lowest BCUT2D eigenvalue weighted by molar-refractivity contribution is 0.0722. The predicted molar refractivity (Wildman–Crippen MR) is 100 cm³/mol. The average molecular weight is 351 g/mol. The van der Waals surface area contributed by atoms with Gasteiger partial charge in [-0.15, -0.1) is 0 Å². The first-order valence-corrected chi connectivity index (χ1v) is 9.38. The van der Waals surface area contributed by atoms with Crippen LogP contribution in [0.3, 0.4) is 0 Å². The van der Waals surface area contributed by atoms with Gasteiger partial charge in [-0.25, -0.2) is 0 Å². The van der Waals surface area contributed by atoms with E-state index in [1.165, 1.54) is 0 Å². The Bertz CT molecular complexity index is 762. The van der Waals surface area contributed by atoms with E-state index in [-0.39, 0.29) is 18.1 Å². The molecule has 0 spiro atoms. The molecule has 0 heterocycles. The Kier molecular flexibility index (Phi) is 4.68. The van der Waals surface area contributed by atoms with Crippen LogP contribution in [0.5, 0.6) is 11.5 Å². The Balaban J connectivity index is 1.44. The summed E-state index contributed by atoms with van der Waals surface area (Å²) in [6, 6.07) is 17.2. The van der Waals surface area contributed by atoms with Crippen LogP contribution >= 0.6 is 0 Å². The zero-order valence-corrected chi connectivity index (χ0v) is 15.0. The first kappa shape index (κ1) is 17.1. The first-order valence-electron chi connectivity index (χ1n) is 9.38. The van der Waals surface area contributed by atoms with Crippen LogP contribution in [-0.2, 0) is 0 Å². The molecule has 136 valence electrons. The van der Waals surface area contributed by atoms with Gasteiger partial charge in [0.2, 0.25) is 0 Å². The van der Waals surface area contributed by atoms with Crippen molar-refractivity contribution in [2.45, 2.75) is 37.8 Å². The summed E-state index contributed by atoms with van der Waals surface area (Å²) >= 11 is 0. The summed E-state index contributed by atoms with van der Waals surface area (Å²) < 4.78 is 5.85. The van der Waals surface area contributed by atoms with Crippen molar-refractivity contribution in [1.82, 2.24) is 4.90 Å². The van der Waals surface area contributed by atoms with Crippen LogP contribution in [0, 0.1) is 11.8 Å². The molecule has 0 bridgehead atoms. The highest BCUT2D eigenvalue weighted by atomic mass is 16.5. The van der Waals surface area contributed by atoms with Gasteiger partial charge >= 0.3 is 0 Å². The summed E-state index contributed by atoms with van der Waals surface area (Å²) in [5.74, 6) is 2.60. The van der Waals surface area contributed by atoms with Crippen molar-refractivity contribution < 1.29 is 14.6 Å². The monoisotopic (exact) mass is 351 g/mol. The van der Waals surface area contributed by atoms with Crippen LogP contribution in [0.2, 0.25) is 0 Å². The third-order valence-electron chi connectivity index (χ3n) is 5.89. The lowest BCUT2D eigenvalue weighted by Crippen LogP contribution is -2.36. The topological polar surface area (TPSA) is 49.8 Å². The van der Waals surface area contributed by atoms with Gasteiger partial charge in [-0.05, 0) is 67.9 Å². The van der Waals surface area contributed by atoms with Crippen LogP contribution in [0.25, 0.3) is 0 Å². The van der Waals surface area contributed by atoms with Gasteiger partial charge in [0.25, 0.3) is 5.91 Å². The molecule has 2 saturated carbocycles. The van der Waals surface area contributed by atoms with Crippen molar-refractivity contribution in [3.8, 4) is 11.5 Å². The number of fused-ring (bicyclic) bond motifs is 1. The number of hydrogen-bond donors (Lipinski definition) is 1. The summed E-state index contributed by atoms with van der Waals surface area (Å²) in [6.45, 7) is 0. The number of carbonyl (C=O) groups is 1. The maximum absolute atomic E-state index is 12.9. The minimum absolute atomic E-state index is 0.0361. The van der Waals surface area contributed by atoms with E-state index in [1.807, 2.05) is 66.5 Å². The number of aliphatic hydroxyl groups excluding tert-OH is 1. The SMILES string of the molecule is CN(C(=O)c1cccc(Oc2ccccc2)c1)C1C[C@H]2CC(O)C[C@H]2C1. The van der Waals surface area contributed by atoms with Crippen molar-refractivity contribution in [2.24, 2.45) is 11.8 Å². The van der Waals surface area contributed by atoms with Gasteiger partial charge in [-0.1, -0.05) is 24.3 Å². The largest absolute Gasteiger partial charge is 0.457 e. The second-order valence-electron chi connectivity index (χ2n) is 7.63. The Labute approximate surface area is 154 Å². The molecule has 1 N–H and O–H groups in total. The van der Waals surface area contributed by atoms with Crippen LogP contribution in [0.4, 0.5) is 0 Å². The van der Waals surface area contributed by atoms with Gasteiger partial charge in [0.05, 0.1) is 6.10 Å². The number of amides is 1. The van der Waals surface area contributed by atoms with E-state index in [0.29, 0.717) is 23.1 Å². The average Bonchev–Trinajstić information content (AvgIpc) is 3.19. The summed E-state index contributed by atoms with van der Waals surface area (Å²) in [7, 11) is 1.90. The van der Waals surface area contributed by atoms with Crippen LogP contribution in [0.1, 0.15) is 36.0 Å². The number of ether oxygens (including phenoxy) is 1. The Morgan fingerprint density at radius 1 is 0.962 bits per heavy atom. The summed E-state index contributed by atoms with van der Waals surface area (Å²) in [5.41, 5.74) is 0.651.